The van der Waals surface area contributed by atoms with Crippen molar-refractivity contribution in [1.82, 2.24) is 15.4 Å². The molecule has 1 heterocycles. The van der Waals surface area contributed by atoms with Crippen molar-refractivity contribution >= 4 is 0 Å². The first kappa shape index (κ1) is 7.17. The Morgan fingerprint density at radius 1 is 1.90 bits per heavy atom. The summed E-state index contributed by atoms with van der Waals surface area (Å²) in [5, 5.41) is 9.88. The molecule has 1 aromatic rings. The second-order valence-electron chi connectivity index (χ2n) is 1.96. The van der Waals surface area contributed by atoms with Gasteiger partial charge in [-0.15, -0.1) is 0 Å². The largest absolute Gasteiger partial charge is 0.383 e. The molecule has 0 bridgehead atoms. The molecular weight excluding hydrogens is 132 g/mol. The molecule has 1 atom stereocenters. The number of hydrogen-bond acceptors (Lipinski definition) is 4. The SMILES string of the molecule is COCC(N)c1cn[nH]n1. The monoisotopic (exact) mass is 142 g/mol. The van der Waals surface area contributed by atoms with Crippen LogP contribution in [0.4, 0.5) is 0 Å². The third-order valence-electron chi connectivity index (χ3n) is 1.16. The summed E-state index contributed by atoms with van der Waals surface area (Å²) in [4.78, 5) is 0. The summed E-state index contributed by atoms with van der Waals surface area (Å²) in [5.41, 5.74) is 6.33. The van der Waals surface area contributed by atoms with E-state index in [0.29, 0.717) is 6.61 Å². The van der Waals surface area contributed by atoms with E-state index in [9.17, 15) is 0 Å². The lowest BCUT2D eigenvalue weighted by atomic mass is 10.2. The fourth-order valence-electron chi connectivity index (χ4n) is 0.654. The van der Waals surface area contributed by atoms with Crippen molar-refractivity contribution in [2.45, 2.75) is 6.04 Å². The maximum atomic E-state index is 5.60. The minimum absolute atomic E-state index is 0.177. The highest BCUT2D eigenvalue weighted by Crippen LogP contribution is 2.02. The van der Waals surface area contributed by atoms with Crippen LogP contribution in [0.1, 0.15) is 11.7 Å². The van der Waals surface area contributed by atoms with E-state index in [2.05, 4.69) is 15.4 Å². The molecule has 56 valence electrons. The molecule has 0 saturated heterocycles. The fraction of sp³-hybridized carbons (Fsp3) is 0.600. The molecule has 0 aliphatic rings. The molecule has 10 heavy (non-hydrogen) atoms. The lowest BCUT2D eigenvalue weighted by Crippen LogP contribution is -2.16. The third kappa shape index (κ3) is 1.52. The van der Waals surface area contributed by atoms with Crippen LogP contribution >= 0.6 is 0 Å². The highest BCUT2D eigenvalue weighted by Gasteiger charge is 2.06. The summed E-state index contributed by atoms with van der Waals surface area (Å²) in [6.07, 6.45) is 1.59. The summed E-state index contributed by atoms with van der Waals surface area (Å²) < 4.78 is 4.82. The molecule has 0 saturated carbocycles. The molecule has 0 aromatic carbocycles. The molecule has 0 fully saturated rings. The Morgan fingerprint density at radius 3 is 3.20 bits per heavy atom. The van der Waals surface area contributed by atoms with E-state index in [4.69, 9.17) is 10.5 Å². The van der Waals surface area contributed by atoms with Gasteiger partial charge in [0.05, 0.1) is 18.8 Å². The normalized spacial score (nSPS) is 13.4. The predicted molar refractivity (Wildman–Crippen MR) is 35.2 cm³/mol. The van der Waals surface area contributed by atoms with Gasteiger partial charge in [-0.2, -0.15) is 15.4 Å². The molecule has 5 heteroatoms. The molecule has 3 N–H and O–H groups in total. The topological polar surface area (TPSA) is 76.8 Å². The Kier molecular flexibility index (Phi) is 2.35. The molecule has 1 aromatic heterocycles. The van der Waals surface area contributed by atoms with Gasteiger partial charge in [-0.25, -0.2) is 0 Å². The molecular formula is C5H10N4O. The number of nitrogens with zero attached hydrogens (tertiary/aromatic N) is 2. The van der Waals surface area contributed by atoms with Gasteiger partial charge in [0.2, 0.25) is 0 Å². The van der Waals surface area contributed by atoms with Gasteiger partial charge in [-0.3, -0.25) is 0 Å². The fourth-order valence-corrected chi connectivity index (χ4v) is 0.654. The Bertz CT molecular complexity index is 174. The molecule has 0 radical (unpaired) electrons. The van der Waals surface area contributed by atoms with Gasteiger partial charge in [0, 0.05) is 7.11 Å². The number of aromatic amines is 1. The van der Waals surface area contributed by atoms with Crippen LogP contribution in [-0.2, 0) is 4.74 Å². The quantitative estimate of drug-likeness (QED) is 0.593. The van der Waals surface area contributed by atoms with Crippen LogP contribution in [0.5, 0.6) is 0 Å². The van der Waals surface area contributed by atoms with Gasteiger partial charge in [-0.05, 0) is 0 Å². The van der Waals surface area contributed by atoms with Crippen molar-refractivity contribution in [3.63, 3.8) is 0 Å². The lowest BCUT2D eigenvalue weighted by Gasteiger charge is -2.04. The molecule has 1 unspecified atom stereocenters. The smallest absolute Gasteiger partial charge is 0.101 e. The first-order valence-electron chi connectivity index (χ1n) is 2.94. The van der Waals surface area contributed by atoms with Crippen molar-refractivity contribution < 1.29 is 4.74 Å². The molecule has 1 rings (SSSR count). The zero-order valence-corrected chi connectivity index (χ0v) is 5.74. The predicted octanol–water partition coefficient (Wildman–Crippen LogP) is -0.549. The van der Waals surface area contributed by atoms with Crippen LogP contribution in [0.15, 0.2) is 6.20 Å². The van der Waals surface area contributed by atoms with Crippen molar-refractivity contribution in [3.8, 4) is 0 Å². The van der Waals surface area contributed by atoms with Crippen molar-refractivity contribution in [2.24, 2.45) is 5.73 Å². The van der Waals surface area contributed by atoms with Gasteiger partial charge in [0.1, 0.15) is 5.69 Å². The number of methoxy groups -OCH3 is 1. The summed E-state index contributed by atoms with van der Waals surface area (Å²) in [6.45, 7) is 0.465. The van der Waals surface area contributed by atoms with Crippen molar-refractivity contribution in [1.29, 1.82) is 0 Å². The summed E-state index contributed by atoms with van der Waals surface area (Å²) in [7, 11) is 1.60. The number of nitrogens with one attached hydrogen (secondary N) is 1. The number of nitrogens with two attached hydrogens (primary N) is 1. The van der Waals surface area contributed by atoms with Crippen LogP contribution in [0.3, 0.4) is 0 Å². The van der Waals surface area contributed by atoms with Gasteiger partial charge in [0.15, 0.2) is 0 Å². The number of rotatable bonds is 3. The van der Waals surface area contributed by atoms with Gasteiger partial charge in [-0.1, -0.05) is 0 Å². The van der Waals surface area contributed by atoms with E-state index in [1.165, 1.54) is 0 Å². The second kappa shape index (κ2) is 3.28. The van der Waals surface area contributed by atoms with Crippen LogP contribution in [0.25, 0.3) is 0 Å². The van der Waals surface area contributed by atoms with E-state index in [1.54, 1.807) is 13.3 Å². The first-order chi connectivity index (χ1) is 4.84. The van der Waals surface area contributed by atoms with Gasteiger partial charge < -0.3 is 10.5 Å². The van der Waals surface area contributed by atoms with Crippen molar-refractivity contribution in [3.05, 3.63) is 11.9 Å². The maximum absolute atomic E-state index is 5.60. The minimum Gasteiger partial charge on any atom is -0.383 e. The summed E-state index contributed by atoms with van der Waals surface area (Å²) in [5.74, 6) is 0. The van der Waals surface area contributed by atoms with E-state index >= 15 is 0 Å². The molecule has 0 spiro atoms. The Labute approximate surface area is 58.6 Å². The van der Waals surface area contributed by atoms with E-state index in [0.717, 1.165) is 5.69 Å². The zero-order chi connectivity index (χ0) is 7.40. The van der Waals surface area contributed by atoms with Gasteiger partial charge >= 0.3 is 0 Å². The molecule has 0 amide bonds. The van der Waals surface area contributed by atoms with Crippen LogP contribution in [0.2, 0.25) is 0 Å². The van der Waals surface area contributed by atoms with Gasteiger partial charge in [0.25, 0.3) is 0 Å². The highest BCUT2D eigenvalue weighted by molar-refractivity contribution is 4.97. The second-order valence-corrected chi connectivity index (χ2v) is 1.96. The van der Waals surface area contributed by atoms with E-state index in [1.807, 2.05) is 0 Å². The molecule has 5 nitrogen and oxygen atoms in total. The third-order valence-corrected chi connectivity index (χ3v) is 1.16. The van der Waals surface area contributed by atoms with E-state index < -0.39 is 0 Å². The van der Waals surface area contributed by atoms with Crippen LogP contribution in [0, 0.1) is 0 Å². The Hall–Kier alpha value is -0.940. The van der Waals surface area contributed by atoms with Crippen LogP contribution in [-0.4, -0.2) is 29.1 Å². The highest BCUT2D eigenvalue weighted by atomic mass is 16.5. The number of ether oxygens (including phenoxy) is 1. The average molecular weight is 142 g/mol. The van der Waals surface area contributed by atoms with Crippen molar-refractivity contribution in [2.75, 3.05) is 13.7 Å². The Balaban J connectivity index is 2.50. The molecule has 0 aliphatic carbocycles. The minimum atomic E-state index is -0.177. The van der Waals surface area contributed by atoms with E-state index in [-0.39, 0.29) is 6.04 Å². The zero-order valence-electron chi connectivity index (χ0n) is 5.74. The average Bonchev–Trinajstić information content (AvgIpc) is 2.38. The molecule has 0 aliphatic heterocycles. The maximum Gasteiger partial charge on any atom is 0.101 e. The Morgan fingerprint density at radius 2 is 2.70 bits per heavy atom. The summed E-state index contributed by atoms with van der Waals surface area (Å²) >= 11 is 0. The lowest BCUT2D eigenvalue weighted by molar-refractivity contribution is 0.179. The number of hydrogen-bond donors (Lipinski definition) is 2. The first-order valence-corrected chi connectivity index (χ1v) is 2.94. The standard InChI is InChI=1S/C5H10N4O/c1-10-3-4(6)5-2-7-9-8-5/h2,4H,3,6H2,1H3,(H,7,8,9). The summed E-state index contributed by atoms with van der Waals surface area (Å²) in [6, 6.07) is -0.177. The van der Waals surface area contributed by atoms with Crippen LogP contribution < -0.4 is 5.73 Å². The number of H-pyrrole nitrogens is 1. The number of aromatic nitrogens is 3.